The molecule has 0 saturated carbocycles. The van der Waals surface area contributed by atoms with E-state index in [0.29, 0.717) is 5.41 Å². The topological polar surface area (TPSA) is 0 Å². The molecule has 3 heteroatoms. The maximum atomic E-state index is 3.18. The van der Waals surface area contributed by atoms with Crippen LogP contribution in [-0.4, -0.2) is 50.9 Å². The van der Waals surface area contributed by atoms with Crippen LogP contribution in [0.4, 0.5) is 0 Å². The fourth-order valence-electron chi connectivity index (χ4n) is 1.62. The molecule has 1 radical (unpaired) electrons. The first-order valence-electron chi connectivity index (χ1n) is 6.07. The summed E-state index contributed by atoms with van der Waals surface area (Å²) in [5.41, 5.74) is 0.643. The monoisotopic (exact) mass is 421 g/mol. The first kappa shape index (κ1) is 17.4. The van der Waals surface area contributed by atoms with Crippen LogP contribution >= 0.6 is 0 Å². The summed E-state index contributed by atoms with van der Waals surface area (Å²) < 4.78 is 1.37. The van der Waals surface area contributed by atoms with E-state index in [1.165, 1.54) is 40.7 Å². The Morgan fingerprint density at radius 1 is 1.00 bits per heavy atom. The number of unbranched alkanes of at least 4 members (excludes halogenated alkanes) is 3. The van der Waals surface area contributed by atoms with E-state index in [1.54, 1.807) is 0 Å². The van der Waals surface area contributed by atoms with Gasteiger partial charge in [0.25, 0.3) is 0 Å². The van der Waals surface area contributed by atoms with Gasteiger partial charge in [-0.25, -0.2) is 0 Å². The van der Waals surface area contributed by atoms with E-state index in [-0.39, 0.29) is 5.41 Å². The Morgan fingerprint density at radius 2 is 1.50 bits per heavy atom. The van der Waals surface area contributed by atoms with Crippen LogP contribution in [0.5, 0.6) is 0 Å². The fourth-order valence-corrected chi connectivity index (χ4v) is 3.27. The van der Waals surface area contributed by atoms with Crippen molar-refractivity contribution in [3.8, 4) is 0 Å². The molecule has 0 aliphatic carbocycles. The average Bonchev–Trinajstić information content (AvgIpc) is 2.16. The van der Waals surface area contributed by atoms with Crippen LogP contribution in [0.2, 0.25) is 5.32 Å². The van der Waals surface area contributed by atoms with Gasteiger partial charge in [0.1, 0.15) is 0 Å². The molecule has 0 aromatic carbocycles. The molecular formula is C13H25Se3. The van der Waals surface area contributed by atoms with Crippen molar-refractivity contribution in [3.05, 3.63) is 0 Å². The van der Waals surface area contributed by atoms with E-state index < -0.39 is 0 Å². The van der Waals surface area contributed by atoms with Gasteiger partial charge < -0.3 is 0 Å². The molecule has 0 fully saturated rings. The van der Waals surface area contributed by atoms with E-state index >= 15 is 0 Å². The van der Waals surface area contributed by atoms with Gasteiger partial charge in [-0.3, -0.25) is 0 Å². The molecule has 95 valence electrons. The Morgan fingerprint density at radius 3 is 1.94 bits per heavy atom. The minimum atomic E-state index is 0.269. The van der Waals surface area contributed by atoms with Crippen molar-refractivity contribution < 1.29 is 0 Å². The van der Waals surface area contributed by atoms with E-state index in [9.17, 15) is 0 Å². The zero-order chi connectivity index (χ0) is 12.8. The van der Waals surface area contributed by atoms with Crippen LogP contribution in [-0.2, 0) is 0 Å². The van der Waals surface area contributed by atoms with Crippen molar-refractivity contribution in [2.24, 2.45) is 10.8 Å². The van der Waals surface area contributed by atoms with Gasteiger partial charge >= 0.3 is 127 Å². The summed E-state index contributed by atoms with van der Waals surface area (Å²) in [7, 11) is 0. The predicted octanol–water partition coefficient (Wildman–Crippen LogP) is 2.78. The van der Waals surface area contributed by atoms with Gasteiger partial charge in [0.15, 0.2) is 0 Å². The molecular weight excluding hydrogens is 393 g/mol. The van der Waals surface area contributed by atoms with Crippen molar-refractivity contribution in [1.82, 2.24) is 0 Å². The fraction of sp³-hybridized carbons (Fsp3) is 0.923. The quantitative estimate of drug-likeness (QED) is 0.420. The minimum absolute atomic E-state index is 0.269. The first-order chi connectivity index (χ1) is 7.25. The second-order valence-electron chi connectivity index (χ2n) is 5.68. The van der Waals surface area contributed by atoms with E-state index in [2.05, 4.69) is 75.3 Å². The molecule has 0 aliphatic rings. The van der Waals surface area contributed by atoms with Gasteiger partial charge in [-0.15, -0.1) is 0 Å². The molecule has 0 nitrogen and oxygen atoms in total. The van der Waals surface area contributed by atoms with E-state index in [1.807, 2.05) is 0 Å². The Bertz CT molecular complexity index is 219. The van der Waals surface area contributed by atoms with Gasteiger partial charge in [-0.05, 0) is 0 Å². The van der Waals surface area contributed by atoms with Crippen molar-refractivity contribution in [2.75, 3.05) is 0 Å². The van der Waals surface area contributed by atoms with Gasteiger partial charge in [0.05, 0.1) is 0 Å². The summed E-state index contributed by atoms with van der Waals surface area (Å²) in [4.78, 5) is 0. The molecule has 0 heterocycles. The Hall–Kier alpha value is 1.43. The first-order valence-corrected chi connectivity index (χ1v) is 9.08. The van der Waals surface area contributed by atoms with Gasteiger partial charge in [0.2, 0.25) is 0 Å². The van der Waals surface area contributed by atoms with Crippen LogP contribution in [0, 0.1) is 10.8 Å². The summed E-state index contributed by atoms with van der Waals surface area (Å²) in [5, 5.41) is 1.21. The third kappa shape index (κ3) is 5.38. The molecule has 0 rings (SSSR count). The van der Waals surface area contributed by atoms with Crippen molar-refractivity contribution in [3.63, 3.8) is 0 Å². The normalized spacial score (nSPS) is 12.9. The summed E-state index contributed by atoms with van der Waals surface area (Å²) >= 11 is 8.95. The molecule has 0 bridgehead atoms. The molecule has 0 N–H and O–H groups in total. The number of hydrogen-bond donors (Lipinski definition) is 0. The van der Waals surface area contributed by atoms with Crippen LogP contribution in [0.1, 0.15) is 59.8 Å². The average molecular weight is 418 g/mol. The molecule has 0 aliphatic heterocycles. The molecule has 0 atom stereocenters. The number of hydrogen-bond acceptors (Lipinski definition) is 0. The molecule has 0 saturated heterocycles. The third-order valence-electron chi connectivity index (χ3n) is 3.92. The van der Waals surface area contributed by atoms with Gasteiger partial charge in [0, 0.05) is 0 Å². The second kappa shape index (κ2) is 7.77. The molecule has 0 unspecified atom stereocenters. The molecule has 0 aromatic heterocycles. The summed E-state index contributed by atoms with van der Waals surface area (Å²) in [5.74, 6) is 0. The molecule has 16 heavy (non-hydrogen) atoms. The van der Waals surface area contributed by atoms with E-state index in [0.717, 1.165) is 0 Å². The van der Waals surface area contributed by atoms with Crippen molar-refractivity contribution in [2.45, 2.75) is 65.1 Å². The Labute approximate surface area is 126 Å². The van der Waals surface area contributed by atoms with Crippen LogP contribution in [0.3, 0.4) is 0 Å². The number of rotatable bonds is 8. The van der Waals surface area contributed by atoms with Crippen LogP contribution < -0.4 is 0 Å². The molecule has 0 spiro atoms. The Kier molecular flexibility index (Phi) is 8.47. The maximum absolute atomic E-state index is 3.18. The predicted molar refractivity (Wildman–Crippen MR) is 79.1 cm³/mol. The van der Waals surface area contributed by atoms with E-state index in [4.69, 9.17) is 0 Å². The SMILES string of the molecule is CC(C)(CCCCCC[Se])C(C)(C)C(=[Se])[SeH]. The standard InChI is InChI=1S/C13H25Se3/c1-12(2,13(3,4)11(15)16)9-7-5-6-8-10-14/h5-10H2,1-4H3,(H,15,16). The zero-order valence-corrected chi connectivity index (χ0v) is 16.3. The van der Waals surface area contributed by atoms with Crippen molar-refractivity contribution >= 4 is 50.9 Å². The Balaban J connectivity index is 4.09. The second-order valence-corrected chi connectivity index (χ2v) is 9.81. The summed E-state index contributed by atoms with van der Waals surface area (Å²) in [6.07, 6.45) is 6.77. The van der Waals surface area contributed by atoms with Gasteiger partial charge in [-0.2, -0.15) is 0 Å². The molecule has 0 aromatic rings. The molecule has 0 amide bonds. The zero-order valence-electron chi connectivity index (χ0n) is 11.0. The van der Waals surface area contributed by atoms with Crippen LogP contribution in [0.25, 0.3) is 0 Å². The van der Waals surface area contributed by atoms with Crippen molar-refractivity contribution in [1.29, 1.82) is 0 Å². The summed E-state index contributed by atoms with van der Waals surface area (Å²) in [6, 6.07) is 0. The summed E-state index contributed by atoms with van der Waals surface area (Å²) in [6.45, 7) is 9.48. The van der Waals surface area contributed by atoms with Crippen LogP contribution in [0.15, 0.2) is 0 Å². The van der Waals surface area contributed by atoms with Gasteiger partial charge in [-0.1, -0.05) is 0 Å². The third-order valence-corrected chi connectivity index (χ3v) is 6.77.